The second kappa shape index (κ2) is 5.05. The molecule has 0 bridgehead atoms. The Hall–Kier alpha value is -1.06. The van der Waals surface area contributed by atoms with Crippen molar-refractivity contribution in [2.45, 2.75) is 45.3 Å². The molecular weight excluding hydrogens is 272 g/mol. The lowest BCUT2D eigenvalue weighted by Crippen LogP contribution is -2.38. The zero-order valence-corrected chi connectivity index (χ0v) is 13.1. The number of aromatic nitrogens is 2. The topological polar surface area (TPSA) is 27.1 Å². The Morgan fingerprint density at radius 2 is 2.30 bits per heavy atom. The summed E-state index contributed by atoms with van der Waals surface area (Å²) < 4.78 is 8.18. The number of ether oxygens (including phenoxy) is 1. The number of rotatable bonds is 3. The number of imidazole rings is 1. The van der Waals surface area contributed by atoms with Crippen LogP contribution in [0.15, 0.2) is 18.2 Å². The molecule has 2 aromatic rings. The minimum atomic E-state index is -0.0363. The minimum Gasteiger partial charge on any atom is -0.376 e. The molecule has 1 aromatic heterocycles. The van der Waals surface area contributed by atoms with E-state index in [0.717, 1.165) is 30.8 Å². The van der Waals surface area contributed by atoms with Gasteiger partial charge in [-0.25, -0.2) is 4.98 Å². The molecule has 3 rings (SSSR count). The van der Waals surface area contributed by atoms with Gasteiger partial charge in [0.25, 0.3) is 0 Å². The molecule has 0 N–H and O–H groups in total. The van der Waals surface area contributed by atoms with Crippen LogP contribution in [0.2, 0.25) is 0 Å². The van der Waals surface area contributed by atoms with Gasteiger partial charge in [0.05, 0.1) is 22.7 Å². The Morgan fingerprint density at radius 1 is 1.50 bits per heavy atom. The first-order valence-corrected chi connectivity index (χ1v) is 7.76. The average molecular weight is 293 g/mol. The van der Waals surface area contributed by atoms with E-state index in [9.17, 15) is 0 Å². The summed E-state index contributed by atoms with van der Waals surface area (Å²) in [4.78, 5) is 4.81. The lowest BCUT2D eigenvalue weighted by Gasteiger charge is -2.32. The normalized spacial score (nSPS) is 26.5. The molecule has 108 valence electrons. The Labute approximate surface area is 124 Å². The van der Waals surface area contributed by atoms with Gasteiger partial charge in [0.15, 0.2) is 0 Å². The van der Waals surface area contributed by atoms with E-state index in [0.29, 0.717) is 5.88 Å². The van der Waals surface area contributed by atoms with Gasteiger partial charge in [-0.15, -0.1) is 11.6 Å². The molecule has 2 atom stereocenters. The molecule has 2 unspecified atom stereocenters. The number of hydrogen-bond donors (Lipinski definition) is 0. The van der Waals surface area contributed by atoms with Crippen molar-refractivity contribution in [3.8, 4) is 0 Å². The Bertz CT molecular complexity index is 637. The third kappa shape index (κ3) is 2.04. The third-order valence-electron chi connectivity index (χ3n) is 4.56. The standard InChI is InChI=1S/C16H21ClN2O/c1-11-4-5-14-13(10-11)18-15(6-8-17)19(14)16(3)7-9-20-12(16)2/h4-5,10,12H,6-9H2,1-3H3. The number of fused-ring (bicyclic) bond motifs is 1. The zero-order chi connectivity index (χ0) is 14.3. The second-order valence-electron chi connectivity index (χ2n) is 5.91. The number of benzene rings is 1. The third-order valence-corrected chi connectivity index (χ3v) is 4.75. The van der Waals surface area contributed by atoms with Crippen LogP contribution in [0.1, 0.15) is 31.7 Å². The summed E-state index contributed by atoms with van der Waals surface area (Å²) in [6, 6.07) is 6.47. The molecule has 0 aliphatic carbocycles. The maximum Gasteiger partial charge on any atom is 0.111 e. The van der Waals surface area contributed by atoms with Gasteiger partial charge in [-0.05, 0) is 44.9 Å². The summed E-state index contributed by atoms with van der Waals surface area (Å²) in [5.41, 5.74) is 3.45. The van der Waals surface area contributed by atoms with Crippen molar-refractivity contribution in [3.63, 3.8) is 0 Å². The molecule has 0 saturated carbocycles. The lowest BCUT2D eigenvalue weighted by molar-refractivity contribution is 0.0764. The number of halogens is 1. The maximum atomic E-state index is 5.97. The van der Waals surface area contributed by atoms with E-state index in [1.54, 1.807) is 0 Å². The number of alkyl halides is 1. The van der Waals surface area contributed by atoms with Gasteiger partial charge in [0.1, 0.15) is 5.82 Å². The Kier molecular flexibility index (Phi) is 3.51. The summed E-state index contributed by atoms with van der Waals surface area (Å²) in [5.74, 6) is 1.66. The molecule has 1 aliphatic heterocycles. The fourth-order valence-corrected chi connectivity index (χ4v) is 3.35. The lowest BCUT2D eigenvalue weighted by atomic mass is 9.93. The molecule has 3 nitrogen and oxygen atoms in total. The number of aryl methyl sites for hydroxylation is 2. The number of hydrogen-bond acceptors (Lipinski definition) is 2. The Balaban J connectivity index is 2.23. The molecule has 1 fully saturated rings. The highest BCUT2D eigenvalue weighted by molar-refractivity contribution is 6.17. The van der Waals surface area contributed by atoms with Gasteiger partial charge in [-0.3, -0.25) is 0 Å². The first-order valence-electron chi connectivity index (χ1n) is 7.22. The van der Waals surface area contributed by atoms with Crippen LogP contribution in [-0.2, 0) is 16.7 Å². The molecular formula is C16H21ClN2O. The minimum absolute atomic E-state index is 0.0363. The number of nitrogens with zero attached hydrogens (tertiary/aromatic N) is 2. The highest BCUT2D eigenvalue weighted by Crippen LogP contribution is 2.37. The smallest absolute Gasteiger partial charge is 0.111 e. The van der Waals surface area contributed by atoms with E-state index in [-0.39, 0.29) is 11.6 Å². The van der Waals surface area contributed by atoms with Crippen LogP contribution in [0.4, 0.5) is 0 Å². The molecule has 0 spiro atoms. The summed E-state index contributed by atoms with van der Waals surface area (Å²) in [6.45, 7) is 7.33. The van der Waals surface area contributed by atoms with Crippen LogP contribution < -0.4 is 0 Å². The summed E-state index contributed by atoms with van der Waals surface area (Å²) in [6.07, 6.45) is 2.00. The summed E-state index contributed by atoms with van der Waals surface area (Å²) in [5, 5.41) is 0. The van der Waals surface area contributed by atoms with Crippen LogP contribution in [0, 0.1) is 6.92 Å². The fraction of sp³-hybridized carbons (Fsp3) is 0.562. The highest BCUT2D eigenvalue weighted by atomic mass is 35.5. The van der Waals surface area contributed by atoms with E-state index in [1.807, 2.05) is 0 Å². The van der Waals surface area contributed by atoms with Crippen molar-refractivity contribution in [2.24, 2.45) is 0 Å². The molecule has 0 amide bonds. The first kappa shape index (κ1) is 13.9. The second-order valence-corrected chi connectivity index (χ2v) is 6.29. The van der Waals surface area contributed by atoms with Gasteiger partial charge in [0, 0.05) is 18.9 Å². The summed E-state index contributed by atoms with van der Waals surface area (Å²) >= 11 is 5.97. The van der Waals surface area contributed by atoms with Crippen LogP contribution in [0.5, 0.6) is 0 Å². The van der Waals surface area contributed by atoms with Crippen molar-refractivity contribution >= 4 is 22.6 Å². The van der Waals surface area contributed by atoms with E-state index in [4.69, 9.17) is 21.3 Å². The van der Waals surface area contributed by atoms with E-state index in [2.05, 4.69) is 43.5 Å². The predicted octanol–water partition coefficient (Wildman–Crippen LogP) is 3.65. The van der Waals surface area contributed by atoms with E-state index >= 15 is 0 Å². The van der Waals surface area contributed by atoms with Crippen LogP contribution in [0.25, 0.3) is 11.0 Å². The molecule has 4 heteroatoms. The fourth-order valence-electron chi connectivity index (χ4n) is 3.18. The van der Waals surface area contributed by atoms with Gasteiger partial charge >= 0.3 is 0 Å². The summed E-state index contributed by atoms with van der Waals surface area (Å²) in [7, 11) is 0. The monoisotopic (exact) mass is 292 g/mol. The van der Waals surface area contributed by atoms with Gasteiger partial charge in [-0.1, -0.05) is 6.07 Å². The highest BCUT2D eigenvalue weighted by Gasteiger charge is 2.40. The van der Waals surface area contributed by atoms with E-state index < -0.39 is 0 Å². The molecule has 0 radical (unpaired) electrons. The van der Waals surface area contributed by atoms with Crippen LogP contribution >= 0.6 is 11.6 Å². The van der Waals surface area contributed by atoms with Crippen molar-refractivity contribution in [1.82, 2.24) is 9.55 Å². The predicted molar refractivity (Wildman–Crippen MR) is 82.6 cm³/mol. The molecule has 20 heavy (non-hydrogen) atoms. The maximum absolute atomic E-state index is 5.97. The van der Waals surface area contributed by atoms with Crippen molar-refractivity contribution in [3.05, 3.63) is 29.6 Å². The average Bonchev–Trinajstić information content (AvgIpc) is 2.91. The zero-order valence-electron chi connectivity index (χ0n) is 12.3. The van der Waals surface area contributed by atoms with E-state index in [1.165, 1.54) is 11.1 Å². The van der Waals surface area contributed by atoms with Crippen molar-refractivity contribution in [2.75, 3.05) is 12.5 Å². The van der Waals surface area contributed by atoms with Gasteiger partial charge in [-0.2, -0.15) is 0 Å². The van der Waals surface area contributed by atoms with Gasteiger partial charge in [0.2, 0.25) is 0 Å². The molecule has 1 aromatic carbocycles. The van der Waals surface area contributed by atoms with Crippen LogP contribution in [0.3, 0.4) is 0 Å². The van der Waals surface area contributed by atoms with Crippen LogP contribution in [-0.4, -0.2) is 28.1 Å². The van der Waals surface area contributed by atoms with Gasteiger partial charge < -0.3 is 9.30 Å². The largest absolute Gasteiger partial charge is 0.376 e. The Morgan fingerprint density at radius 3 is 2.95 bits per heavy atom. The SMILES string of the molecule is Cc1ccc2c(c1)nc(CCCl)n2C1(C)CCOC1C. The molecule has 1 aliphatic rings. The van der Waals surface area contributed by atoms with Crippen molar-refractivity contribution in [1.29, 1.82) is 0 Å². The molecule has 1 saturated heterocycles. The first-order chi connectivity index (χ1) is 9.56. The van der Waals surface area contributed by atoms with Crippen molar-refractivity contribution < 1.29 is 4.74 Å². The molecule has 2 heterocycles. The quantitative estimate of drug-likeness (QED) is 0.808.